The zero-order chi connectivity index (χ0) is 13.7. The number of rotatable bonds is 4. The number of carbonyl (C=O) groups is 1. The van der Waals surface area contributed by atoms with E-state index in [4.69, 9.17) is 0 Å². The number of amides is 1. The lowest BCUT2D eigenvalue weighted by atomic mass is 9.88. The van der Waals surface area contributed by atoms with E-state index in [1.807, 2.05) is 0 Å². The summed E-state index contributed by atoms with van der Waals surface area (Å²) in [6.45, 7) is 3.19. The van der Waals surface area contributed by atoms with Crippen LogP contribution in [0.15, 0.2) is 18.2 Å². The van der Waals surface area contributed by atoms with Crippen LogP contribution in [0.25, 0.3) is 0 Å². The van der Waals surface area contributed by atoms with Crippen molar-refractivity contribution in [2.45, 2.75) is 38.6 Å². The Kier molecular flexibility index (Phi) is 2.84. The van der Waals surface area contributed by atoms with Crippen LogP contribution in [-0.4, -0.2) is 12.5 Å². The minimum atomic E-state index is 0.124. The first-order valence-electron chi connectivity index (χ1n) is 7.90. The molecule has 2 fully saturated rings. The molecule has 0 saturated heterocycles. The van der Waals surface area contributed by atoms with Crippen molar-refractivity contribution in [2.75, 3.05) is 11.9 Å². The first-order chi connectivity index (χ1) is 9.74. The number of hydrogen-bond donors (Lipinski definition) is 2. The molecule has 106 valence electrons. The summed E-state index contributed by atoms with van der Waals surface area (Å²) < 4.78 is 0. The standard InChI is InChI=1S/C17H22N2O/c1-2-18-17(14-7-11-6-12(11)8-14)10-3-4-15-13(5-10)9-16(20)19-15/h3-5,11-12,14,17-18H,2,6-9H2,1H3,(H,19,20). The minimum absolute atomic E-state index is 0.124. The molecular weight excluding hydrogens is 248 g/mol. The molecule has 1 aromatic carbocycles. The molecule has 0 radical (unpaired) electrons. The van der Waals surface area contributed by atoms with Crippen LogP contribution in [0.1, 0.15) is 43.4 Å². The van der Waals surface area contributed by atoms with Gasteiger partial charge in [0.1, 0.15) is 0 Å². The van der Waals surface area contributed by atoms with Gasteiger partial charge in [-0.2, -0.15) is 0 Å². The molecule has 2 N–H and O–H groups in total. The average molecular weight is 270 g/mol. The van der Waals surface area contributed by atoms with Gasteiger partial charge in [-0.15, -0.1) is 0 Å². The molecule has 3 aliphatic rings. The molecule has 2 saturated carbocycles. The predicted molar refractivity (Wildman–Crippen MR) is 79.5 cm³/mol. The van der Waals surface area contributed by atoms with Gasteiger partial charge in [0, 0.05) is 11.7 Å². The van der Waals surface area contributed by atoms with Gasteiger partial charge in [0.15, 0.2) is 0 Å². The van der Waals surface area contributed by atoms with Gasteiger partial charge in [0.05, 0.1) is 6.42 Å². The summed E-state index contributed by atoms with van der Waals surface area (Å²) in [5, 5.41) is 6.60. The Balaban J connectivity index is 1.59. The molecule has 20 heavy (non-hydrogen) atoms. The highest BCUT2D eigenvalue weighted by atomic mass is 16.1. The van der Waals surface area contributed by atoms with Gasteiger partial charge in [-0.25, -0.2) is 0 Å². The molecule has 1 amide bonds. The van der Waals surface area contributed by atoms with Gasteiger partial charge in [0.2, 0.25) is 5.91 Å². The molecule has 3 heteroatoms. The number of anilines is 1. The summed E-state index contributed by atoms with van der Waals surface area (Å²) in [6, 6.07) is 6.98. The van der Waals surface area contributed by atoms with Crippen molar-refractivity contribution in [1.29, 1.82) is 0 Å². The largest absolute Gasteiger partial charge is 0.326 e. The van der Waals surface area contributed by atoms with E-state index in [1.165, 1.54) is 30.4 Å². The fourth-order valence-corrected chi connectivity index (χ4v) is 4.25. The van der Waals surface area contributed by atoms with E-state index in [9.17, 15) is 4.79 Å². The van der Waals surface area contributed by atoms with E-state index in [0.29, 0.717) is 12.5 Å². The summed E-state index contributed by atoms with van der Waals surface area (Å²) in [5.41, 5.74) is 3.54. The Morgan fingerprint density at radius 2 is 2.10 bits per heavy atom. The Bertz CT molecular complexity index is 544. The highest BCUT2D eigenvalue weighted by Gasteiger charge is 2.48. The topological polar surface area (TPSA) is 41.1 Å². The Morgan fingerprint density at radius 3 is 2.85 bits per heavy atom. The van der Waals surface area contributed by atoms with Crippen LogP contribution in [0.5, 0.6) is 0 Å². The maximum Gasteiger partial charge on any atom is 0.228 e. The summed E-state index contributed by atoms with van der Waals surface area (Å²) in [6.07, 6.45) is 4.78. The number of hydrogen-bond acceptors (Lipinski definition) is 2. The summed E-state index contributed by atoms with van der Waals surface area (Å²) in [5.74, 6) is 2.93. The summed E-state index contributed by atoms with van der Waals surface area (Å²) >= 11 is 0. The maximum absolute atomic E-state index is 11.5. The molecule has 3 nitrogen and oxygen atoms in total. The molecule has 3 atom stereocenters. The number of nitrogens with one attached hydrogen (secondary N) is 2. The monoisotopic (exact) mass is 270 g/mol. The van der Waals surface area contributed by atoms with Crippen molar-refractivity contribution in [3.8, 4) is 0 Å². The second kappa shape index (κ2) is 4.59. The van der Waals surface area contributed by atoms with Gasteiger partial charge in [0.25, 0.3) is 0 Å². The molecule has 1 aromatic rings. The van der Waals surface area contributed by atoms with Crippen molar-refractivity contribution in [1.82, 2.24) is 5.32 Å². The lowest BCUT2D eigenvalue weighted by Gasteiger charge is -2.26. The molecule has 0 bridgehead atoms. The molecule has 3 unspecified atom stereocenters. The third-order valence-corrected chi connectivity index (χ3v) is 5.29. The summed E-state index contributed by atoms with van der Waals surface area (Å²) in [4.78, 5) is 11.5. The van der Waals surface area contributed by atoms with E-state index < -0.39 is 0 Å². The van der Waals surface area contributed by atoms with Crippen LogP contribution in [0.2, 0.25) is 0 Å². The van der Waals surface area contributed by atoms with Crippen LogP contribution in [0.3, 0.4) is 0 Å². The fraction of sp³-hybridized carbons (Fsp3) is 0.588. The maximum atomic E-state index is 11.5. The van der Waals surface area contributed by atoms with Gasteiger partial charge in [-0.05, 0) is 60.8 Å². The number of fused-ring (bicyclic) bond motifs is 2. The molecule has 4 rings (SSSR count). The van der Waals surface area contributed by atoms with E-state index in [0.717, 1.165) is 30.0 Å². The fourth-order valence-electron chi connectivity index (χ4n) is 4.25. The molecule has 1 heterocycles. The van der Waals surface area contributed by atoms with Crippen LogP contribution in [0, 0.1) is 17.8 Å². The normalized spacial score (nSPS) is 31.6. The van der Waals surface area contributed by atoms with Crippen molar-refractivity contribution >= 4 is 11.6 Å². The summed E-state index contributed by atoms with van der Waals surface area (Å²) in [7, 11) is 0. The molecule has 0 spiro atoms. The molecular formula is C17H22N2O. The minimum Gasteiger partial charge on any atom is -0.326 e. The highest BCUT2D eigenvalue weighted by Crippen LogP contribution is 2.57. The van der Waals surface area contributed by atoms with Crippen molar-refractivity contribution < 1.29 is 4.79 Å². The van der Waals surface area contributed by atoms with Crippen molar-refractivity contribution in [3.05, 3.63) is 29.3 Å². The van der Waals surface area contributed by atoms with Crippen molar-refractivity contribution in [2.24, 2.45) is 17.8 Å². The third-order valence-electron chi connectivity index (χ3n) is 5.29. The zero-order valence-electron chi connectivity index (χ0n) is 12.0. The second-order valence-electron chi connectivity index (χ2n) is 6.66. The molecule has 2 aliphatic carbocycles. The number of carbonyl (C=O) groups excluding carboxylic acids is 1. The number of benzene rings is 1. The van der Waals surface area contributed by atoms with Gasteiger partial charge < -0.3 is 10.6 Å². The smallest absolute Gasteiger partial charge is 0.228 e. The van der Waals surface area contributed by atoms with Gasteiger partial charge in [-0.3, -0.25) is 4.79 Å². The lowest BCUT2D eigenvalue weighted by Crippen LogP contribution is -2.27. The molecule has 1 aliphatic heterocycles. The van der Waals surface area contributed by atoms with E-state index in [1.54, 1.807) is 0 Å². The van der Waals surface area contributed by atoms with Gasteiger partial charge >= 0.3 is 0 Å². The first kappa shape index (κ1) is 12.4. The highest BCUT2D eigenvalue weighted by molar-refractivity contribution is 5.99. The van der Waals surface area contributed by atoms with Crippen LogP contribution < -0.4 is 10.6 Å². The quantitative estimate of drug-likeness (QED) is 0.883. The van der Waals surface area contributed by atoms with Crippen LogP contribution in [-0.2, 0) is 11.2 Å². The Hall–Kier alpha value is -1.35. The van der Waals surface area contributed by atoms with Crippen LogP contribution >= 0.6 is 0 Å². The Labute approximate surface area is 120 Å². The van der Waals surface area contributed by atoms with Gasteiger partial charge in [-0.1, -0.05) is 19.1 Å². The second-order valence-corrected chi connectivity index (χ2v) is 6.66. The predicted octanol–water partition coefficient (Wildman–Crippen LogP) is 2.88. The molecule has 0 aromatic heterocycles. The van der Waals surface area contributed by atoms with E-state index in [-0.39, 0.29) is 5.91 Å². The Morgan fingerprint density at radius 1 is 1.30 bits per heavy atom. The SMILES string of the molecule is CCNC(c1ccc2c(c1)CC(=O)N2)C1CC2CC2C1. The lowest BCUT2D eigenvalue weighted by molar-refractivity contribution is -0.115. The zero-order valence-corrected chi connectivity index (χ0v) is 12.0. The third kappa shape index (κ3) is 2.05. The average Bonchev–Trinajstić information content (AvgIpc) is 2.88. The van der Waals surface area contributed by atoms with E-state index >= 15 is 0 Å². The first-order valence-corrected chi connectivity index (χ1v) is 7.90. The van der Waals surface area contributed by atoms with Crippen LogP contribution in [0.4, 0.5) is 5.69 Å². The van der Waals surface area contributed by atoms with E-state index in [2.05, 4.69) is 35.8 Å². The van der Waals surface area contributed by atoms with Crippen molar-refractivity contribution in [3.63, 3.8) is 0 Å².